The number of ether oxygens (including phenoxy) is 2. The summed E-state index contributed by atoms with van der Waals surface area (Å²) < 4.78 is 11.3. The summed E-state index contributed by atoms with van der Waals surface area (Å²) in [7, 11) is 2.54. The second kappa shape index (κ2) is 6.96. The Balaban J connectivity index is 2.65. The number of benzene rings is 1. The zero-order valence-corrected chi connectivity index (χ0v) is 13.6. The lowest BCUT2D eigenvalue weighted by molar-refractivity contribution is -0.136. The molecule has 5 heteroatoms. The molecular weight excluding hydrogens is 294 g/mol. The average molecular weight is 313 g/mol. The highest BCUT2D eigenvalue weighted by molar-refractivity contribution is 6.20. The van der Waals surface area contributed by atoms with Crippen molar-refractivity contribution in [2.75, 3.05) is 14.2 Å². The van der Waals surface area contributed by atoms with Crippen LogP contribution in [-0.2, 0) is 19.1 Å². The van der Waals surface area contributed by atoms with Crippen LogP contribution in [0, 0.1) is 13.8 Å². The predicted octanol–water partition coefficient (Wildman–Crippen LogP) is 2.82. The molecule has 0 aliphatic rings. The Bertz CT molecular complexity index is 751. The molecule has 0 N–H and O–H groups in total. The second-order valence-corrected chi connectivity index (χ2v) is 5.08. The van der Waals surface area contributed by atoms with E-state index >= 15 is 0 Å². The van der Waals surface area contributed by atoms with E-state index in [0.29, 0.717) is 5.69 Å². The van der Waals surface area contributed by atoms with Gasteiger partial charge in [-0.1, -0.05) is 18.2 Å². The highest BCUT2D eigenvalue weighted by Gasteiger charge is 2.20. The molecule has 0 aliphatic carbocycles. The molecule has 0 unspecified atom stereocenters. The number of carbonyl (C=O) groups is 2. The first kappa shape index (κ1) is 16.5. The number of para-hydroxylation sites is 1. The topological polar surface area (TPSA) is 57.5 Å². The fourth-order valence-electron chi connectivity index (χ4n) is 2.51. The standard InChI is InChI=1S/C18H19NO4/c1-12-7-5-8-13(2)17(12)19-10-6-9-15(19)14(18(21)23-4)11-16(20)22-3/h5-11H,1-4H3/b14-11-. The van der Waals surface area contributed by atoms with E-state index < -0.39 is 11.9 Å². The molecule has 0 spiro atoms. The van der Waals surface area contributed by atoms with Crippen molar-refractivity contribution in [2.45, 2.75) is 13.8 Å². The van der Waals surface area contributed by atoms with Gasteiger partial charge in [-0.3, -0.25) is 0 Å². The van der Waals surface area contributed by atoms with Gasteiger partial charge >= 0.3 is 11.9 Å². The van der Waals surface area contributed by atoms with Crippen LogP contribution in [0.1, 0.15) is 16.8 Å². The fourth-order valence-corrected chi connectivity index (χ4v) is 2.51. The average Bonchev–Trinajstić information content (AvgIpc) is 3.00. The van der Waals surface area contributed by atoms with Crippen molar-refractivity contribution in [1.82, 2.24) is 4.57 Å². The number of esters is 2. The van der Waals surface area contributed by atoms with Crippen LogP contribution < -0.4 is 0 Å². The molecule has 0 bridgehead atoms. The summed E-state index contributed by atoms with van der Waals surface area (Å²) >= 11 is 0. The number of hydrogen-bond donors (Lipinski definition) is 0. The number of carbonyl (C=O) groups excluding carboxylic acids is 2. The first-order valence-electron chi connectivity index (χ1n) is 7.12. The molecule has 0 amide bonds. The van der Waals surface area contributed by atoms with Crippen molar-refractivity contribution in [2.24, 2.45) is 0 Å². The van der Waals surface area contributed by atoms with E-state index in [-0.39, 0.29) is 5.57 Å². The van der Waals surface area contributed by atoms with Crippen LogP contribution in [0.15, 0.2) is 42.6 Å². The first-order valence-corrected chi connectivity index (χ1v) is 7.12. The van der Waals surface area contributed by atoms with Gasteiger partial charge < -0.3 is 14.0 Å². The van der Waals surface area contributed by atoms with E-state index in [1.165, 1.54) is 14.2 Å². The molecule has 5 nitrogen and oxygen atoms in total. The zero-order chi connectivity index (χ0) is 17.0. The molecule has 2 aromatic rings. The lowest BCUT2D eigenvalue weighted by Gasteiger charge is -2.15. The summed E-state index contributed by atoms with van der Waals surface area (Å²) in [4.78, 5) is 23.7. The Morgan fingerprint density at radius 1 is 1.00 bits per heavy atom. The normalized spacial score (nSPS) is 11.2. The molecule has 0 aliphatic heterocycles. The van der Waals surface area contributed by atoms with Gasteiger partial charge in [0.25, 0.3) is 0 Å². The maximum Gasteiger partial charge on any atom is 0.340 e. The van der Waals surface area contributed by atoms with Crippen molar-refractivity contribution in [1.29, 1.82) is 0 Å². The number of methoxy groups -OCH3 is 2. The number of nitrogens with zero attached hydrogens (tertiary/aromatic N) is 1. The van der Waals surface area contributed by atoms with Gasteiger partial charge in [0.1, 0.15) is 0 Å². The van der Waals surface area contributed by atoms with Gasteiger partial charge in [0.05, 0.1) is 31.2 Å². The van der Waals surface area contributed by atoms with Crippen LogP contribution >= 0.6 is 0 Å². The third kappa shape index (κ3) is 3.34. The highest BCUT2D eigenvalue weighted by atomic mass is 16.5. The van der Waals surface area contributed by atoms with Gasteiger partial charge in [-0.2, -0.15) is 0 Å². The number of aryl methyl sites for hydroxylation is 2. The summed E-state index contributed by atoms with van der Waals surface area (Å²) in [6, 6.07) is 9.54. The first-order chi connectivity index (χ1) is 11.0. The van der Waals surface area contributed by atoms with Gasteiger partial charge in [0.15, 0.2) is 0 Å². The van der Waals surface area contributed by atoms with Crippen LogP contribution in [0.2, 0.25) is 0 Å². The molecule has 1 aromatic heterocycles. The molecule has 0 saturated heterocycles. The minimum Gasteiger partial charge on any atom is -0.466 e. The van der Waals surface area contributed by atoms with Crippen LogP contribution in [0.3, 0.4) is 0 Å². The summed E-state index contributed by atoms with van der Waals surface area (Å²) in [5.41, 5.74) is 3.80. The molecule has 0 atom stereocenters. The Hall–Kier alpha value is -2.82. The molecular formula is C18H19NO4. The summed E-state index contributed by atoms with van der Waals surface area (Å²) in [6.07, 6.45) is 2.99. The van der Waals surface area contributed by atoms with Crippen LogP contribution in [0.5, 0.6) is 0 Å². The lowest BCUT2D eigenvalue weighted by atomic mass is 10.1. The SMILES string of the molecule is COC(=O)/C=C(\C(=O)OC)c1cccn1-c1c(C)cccc1C. The van der Waals surface area contributed by atoms with E-state index in [1.807, 2.05) is 48.9 Å². The summed E-state index contributed by atoms with van der Waals surface area (Å²) in [5.74, 6) is -1.21. The fraction of sp³-hybridized carbons (Fsp3) is 0.222. The predicted molar refractivity (Wildman–Crippen MR) is 87.3 cm³/mol. The Morgan fingerprint density at radius 3 is 2.22 bits per heavy atom. The largest absolute Gasteiger partial charge is 0.466 e. The third-order valence-electron chi connectivity index (χ3n) is 3.57. The van der Waals surface area contributed by atoms with Gasteiger partial charge in [-0.15, -0.1) is 0 Å². The van der Waals surface area contributed by atoms with Gasteiger partial charge in [-0.05, 0) is 37.1 Å². The molecule has 0 fully saturated rings. The molecule has 0 saturated carbocycles. The maximum atomic E-state index is 12.1. The molecule has 23 heavy (non-hydrogen) atoms. The van der Waals surface area contributed by atoms with Crippen LogP contribution in [0.4, 0.5) is 0 Å². The minimum atomic E-state index is -0.611. The summed E-state index contributed by atoms with van der Waals surface area (Å²) in [6.45, 7) is 3.99. The van der Waals surface area contributed by atoms with E-state index in [4.69, 9.17) is 4.74 Å². The number of aromatic nitrogens is 1. The van der Waals surface area contributed by atoms with Crippen LogP contribution in [-0.4, -0.2) is 30.7 Å². The van der Waals surface area contributed by atoms with E-state index in [9.17, 15) is 9.59 Å². The second-order valence-electron chi connectivity index (χ2n) is 5.08. The maximum absolute atomic E-state index is 12.1. The highest BCUT2D eigenvalue weighted by Crippen LogP contribution is 2.25. The van der Waals surface area contributed by atoms with E-state index in [0.717, 1.165) is 22.9 Å². The Kier molecular flexibility index (Phi) is 5.01. The van der Waals surface area contributed by atoms with Gasteiger partial charge in [-0.25, -0.2) is 9.59 Å². The van der Waals surface area contributed by atoms with Crippen molar-refractivity contribution < 1.29 is 19.1 Å². The third-order valence-corrected chi connectivity index (χ3v) is 3.57. The Morgan fingerprint density at radius 2 is 1.65 bits per heavy atom. The number of rotatable bonds is 4. The van der Waals surface area contributed by atoms with Crippen LogP contribution in [0.25, 0.3) is 11.3 Å². The molecule has 2 rings (SSSR count). The van der Waals surface area contributed by atoms with Crippen molar-refractivity contribution in [3.05, 3.63) is 59.4 Å². The lowest BCUT2D eigenvalue weighted by Crippen LogP contribution is -2.12. The molecule has 120 valence electrons. The Labute approximate surface area is 135 Å². The van der Waals surface area contributed by atoms with E-state index in [1.54, 1.807) is 6.07 Å². The van der Waals surface area contributed by atoms with Gasteiger partial charge in [0, 0.05) is 12.3 Å². The van der Waals surface area contributed by atoms with E-state index in [2.05, 4.69) is 4.74 Å². The van der Waals surface area contributed by atoms with Crippen molar-refractivity contribution in [3.8, 4) is 5.69 Å². The molecule has 0 radical (unpaired) electrons. The van der Waals surface area contributed by atoms with Gasteiger partial charge in [0.2, 0.25) is 0 Å². The van der Waals surface area contributed by atoms with Crippen molar-refractivity contribution >= 4 is 17.5 Å². The molecule has 1 aromatic carbocycles. The summed E-state index contributed by atoms with van der Waals surface area (Å²) in [5, 5.41) is 0. The smallest absolute Gasteiger partial charge is 0.340 e. The quantitative estimate of drug-likeness (QED) is 0.643. The monoisotopic (exact) mass is 313 g/mol. The van der Waals surface area contributed by atoms with Crippen molar-refractivity contribution in [3.63, 3.8) is 0 Å². The zero-order valence-electron chi connectivity index (χ0n) is 13.6. The number of hydrogen-bond acceptors (Lipinski definition) is 4. The minimum absolute atomic E-state index is 0.145. The molecule has 1 heterocycles.